The maximum Gasteiger partial charge on any atom is 0.263 e. The Morgan fingerprint density at radius 3 is 2.96 bits per heavy atom. The molecule has 0 aliphatic carbocycles. The number of nitrogens with one attached hydrogen (secondary N) is 1. The second-order valence-corrected chi connectivity index (χ2v) is 8.31. The van der Waals surface area contributed by atoms with Crippen LogP contribution in [-0.2, 0) is 0 Å². The van der Waals surface area contributed by atoms with Crippen molar-refractivity contribution in [2.45, 2.75) is 45.6 Å². The summed E-state index contributed by atoms with van der Waals surface area (Å²) < 4.78 is 0. The van der Waals surface area contributed by atoms with E-state index in [0.717, 1.165) is 29.2 Å². The Morgan fingerprint density at radius 1 is 1.38 bits per heavy atom. The van der Waals surface area contributed by atoms with Crippen molar-refractivity contribution in [1.82, 2.24) is 15.2 Å². The quantitative estimate of drug-likeness (QED) is 0.721. The van der Waals surface area contributed by atoms with Crippen LogP contribution in [-0.4, -0.2) is 41.5 Å². The van der Waals surface area contributed by atoms with Gasteiger partial charge in [0.05, 0.1) is 10.7 Å². The van der Waals surface area contributed by atoms with Gasteiger partial charge in [-0.15, -0.1) is 11.3 Å². The van der Waals surface area contributed by atoms with Crippen molar-refractivity contribution in [1.29, 1.82) is 0 Å². The number of nitrogens with zero attached hydrogens (tertiary/aromatic N) is 2. The van der Waals surface area contributed by atoms with Gasteiger partial charge >= 0.3 is 0 Å². The maximum absolute atomic E-state index is 12.5. The number of halogens is 1. The van der Waals surface area contributed by atoms with Crippen LogP contribution in [0.4, 0.5) is 0 Å². The van der Waals surface area contributed by atoms with Gasteiger partial charge in [-0.1, -0.05) is 36.2 Å². The van der Waals surface area contributed by atoms with Crippen LogP contribution in [0.25, 0.3) is 10.6 Å². The smallest absolute Gasteiger partial charge is 0.263 e. The number of carbonyl (C=O) groups excluding carboxylic acids is 1. The molecule has 6 heteroatoms. The van der Waals surface area contributed by atoms with E-state index in [2.05, 4.69) is 22.1 Å². The third kappa shape index (κ3) is 4.64. The molecule has 1 amide bonds. The monoisotopic (exact) mass is 391 g/mol. The largest absolute Gasteiger partial charge is 0.351 e. The number of benzene rings is 1. The number of aryl methyl sites for hydroxylation is 1. The lowest BCUT2D eigenvalue weighted by Gasteiger charge is -2.33. The van der Waals surface area contributed by atoms with E-state index in [-0.39, 0.29) is 5.91 Å². The molecule has 0 saturated carbocycles. The van der Waals surface area contributed by atoms with Gasteiger partial charge in [0.15, 0.2) is 0 Å². The fraction of sp³-hybridized carbons (Fsp3) is 0.500. The number of amides is 1. The van der Waals surface area contributed by atoms with Crippen molar-refractivity contribution in [3.63, 3.8) is 0 Å². The number of likely N-dealkylation sites (tertiary alicyclic amines) is 1. The lowest BCUT2D eigenvalue weighted by molar-refractivity contribution is 0.0952. The molecule has 1 aromatic carbocycles. The average molecular weight is 392 g/mol. The summed E-state index contributed by atoms with van der Waals surface area (Å²) in [5.74, 6) is -0.0370. The molecule has 0 spiro atoms. The summed E-state index contributed by atoms with van der Waals surface area (Å²) in [6, 6.07) is 8.26. The number of rotatable bonds is 6. The van der Waals surface area contributed by atoms with Gasteiger partial charge in [0.25, 0.3) is 5.91 Å². The SMILES string of the molecule is Cc1nc(-c2ccccc2Cl)sc1C(=O)NCCCN1CCCCC1C. The van der Waals surface area contributed by atoms with Gasteiger partial charge in [-0.25, -0.2) is 4.98 Å². The molecule has 4 nitrogen and oxygen atoms in total. The van der Waals surface area contributed by atoms with Crippen LogP contribution in [0.5, 0.6) is 0 Å². The number of piperidine rings is 1. The van der Waals surface area contributed by atoms with E-state index in [1.165, 1.54) is 37.1 Å². The van der Waals surface area contributed by atoms with Gasteiger partial charge in [-0.3, -0.25) is 4.79 Å². The van der Waals surface area contributed by atoms with Gasteiger partial charge in [-0.2, -0.15) is 0 Å². The van der Waals surface area contributed by atoms with Crippen LogP contribution in [0.2, 0.25) is 5.02 Å². The molecule has 3 rings (SSSR count). The summed E-state index contributed by atoms with van der Waals surface area (Å²) in [5, 5.41) is 4.49. The van der Waals surface area contributed by atoms with Crippen molar-refractivity contribution in [2.24, 2.45) is 0 Å². The first-order valence-electron chi connectivity index (χ1n) is 9.31. The minimum Gasteiger partial charge on any atom is -0.351 e. The number of hydrogen-bond donors (Lipinski definition) is 1. The predicted octanol–water partition coefficient (Wildman–Crippen LogP) is 4.77. The molecular formula is C20H26ClN3OS. The molecule has 1 aliphatic rings. The fourth-order valence-corrected chi connectivity index (χ4v) is 4.71. The molecule has 140 valence electrons. The van der Waals surface area contributed by atoms with Crippen molar-refractivity contribution < 1.29 is 4.79 Å². The predicted molar refractivity (Wildman–Crippen MR) is 109 cm³/mol. The van der Waals surface area contributed by atoms with E-state index in [1.54, 1.807) is 0 Å². The highest BCUT2D eigenvalue weighted by Gasteiger charge is 2.19. The molecule has 1 aliphatic heterocycles. The summed E-state index contributed by atoms with van der Waals surface area (Å²) in [5.41, 5.74) is 1.63. The fourth-order valence-electron chi connectivity index (χ4n) is 3.41. The van der Waals surface area contributed by atoms with E-state index in [1.807, 2.05) is 31.2 Å². The second kappa shape index (κ2) is 8.98. The lowest BCUT2D eigenvalue weighted by Crippen LogP contribution is -2.39. The van der Waals surface area contributed by atoms with Crippen LogP contribution in [0.3, 0.4) is 0 Å². The normalized spacial score (nSPS) is 18.0. The zero-order chi connectivity index (χ0) is 18.5. The van der Waals surface area contributed by atoms with Crippen LogP contribution in [0.15, 0.2) is 24.3 Å². The summed E-state index contributed by atoms with van der Waals surface area (Å²) >= 11 is 7.65. The number of carbonyl (C=O) groups is 1. The number of aromatic nitrogens is 1. The Kier molecular flexibility index (Phi) is 6.68. The highest BCUT2D eigenvalue weighted by molar-refractivity contribution is 7.17. The van der Waals surface area contributed by atoms with E-state index >= 15 is 0 Å². The zero-order valence-corrected chi connectivity index (χ0v) is 17.0. The van der Waals surface area contributed by atoms with E-state index < -0.39 is 0 Å². The molecule has 1 N–H and O–H groups in total. The third-order valence-electron chi connectivity index (χ3n) is 4.96. The first-order chi connectivity index (χ1) is 12.6. The molecule has 26 heavy (non-hydrogen) atoms. The average Bonchev–Trinajstić information content (AvgIpc) is 3.02. The molecule has 1 unspecified atom stereocenters. The standard InChI is InChI=1S/C20H26ClN3OS/c1-14-8-5-6-12-24(14)13-7-11-22-19(25)18-15(2)23-20(26-18)16-9-3-4-10-17(16)21/h3-4,9-10,14H,5-8,11-13H2,1-2H3,(H,22,25). The minimum atomic E-state index is -0.0370. The van der Waals surface area contributed by atoms with E-state index in [0.29, 0.717) is 22.5 Å². The van der Waals surface area contributed by atoms with Crippen LogP contribution in [0, 0.1) is 6.92 Å². The maximum atomic E-state index is 12.5. The van der Waals surface area contributed by atoms with Crippen molar-refractivity contribution >= 4 is 28.8 Å². The Labute approximate surface area is 164 Å². The molecule has 0 bridgehead atoms. The number of hydrogen-bond acceptors (Lipinski definition) is 4. The molecule has 1 saturated heterocycles. The van der Waals surface area contributed by atoms with Crippen LogP contribution < -0.4 is 5.32 Å². The molecular weight excluding hydrogens is 366 g/mol. The van der Waals surface area contributed by atoms with Crippen molar-refractivity contribution in [3.05, 3.63) is 39.9 Å². The summed E-state index contributed by atoms with van der Waals surface area (Å²) in [6.07, 6.45) is 4.90. The van der Waals surface area contributed by atoms with Crippen molar-refractivity contribution in [2.75, 3.05) is 19.6 Å². The molecule has 0 radical (unpaired) electrons. The van der Waals surface area contributed by atoms with Crippen LogP contribution >= 0.6 is 22.9 Å². The van der Waals surface area contributed by atoms with E-state index in [4.69, 9.17) is 11.6 Å². The van der Waals surface area contributed by atoms with Gasteiger partial charge in [0.2, 0.25) is 0 Å². The topological polar surface area (TPSA) is 45.2 Å². The first kappa shape index (κ1) is 19.3. The molecule has 1 aromatic heterocycles. The molecule has 1 atom stereocenters. The highest BCUT2D eigenvalue weighted by Crippen LogP contribution is 2.32. The summed E-state index contributed by atoms with van der Waals surface area (Å²) in [6.45, 7) is 7.11. The number of thiazole rings is 1. The Balaban J connectivity index is 1.54. The van der Waals surface area contributed by atoms with Gasteiger partial charge < -0.3 is 10.2 Å². The molecule has 2 heterocycles. The molecule has 1 fully saturated rings. The summed E-state index contributed by atoms with van der Waals surface area (Å²) in [7, 11) is 0. The third-order valence-corrected chi connectivity index (χ3v) is 6.47. The van der Waals surface area contributed by atoms with E-state index in [9.17, 15) is 4.79 Å². The zero-order valence-electron chi connectivity index (χ0n) is 15.4. The lowest BCUT2D eigenvalue weighted by atomic mass is 10.0. The Hall–Kier alpha value is -1.43. The highest BCUT2D eigenvalue weighted by atomic mass is 35.5. The molecule has 2 aromatic rings. The second-order valence-electron chi connectivity index (χ2n) is 6.90. The Bertz CT molecular complexity index is 761. The van der Waals surface area contributed by atoms with Gasteiger partial charge in [-0.05, 0) is 45.7 Å². The van der Waals surface area contributed by atoms with Gasteiger partial charge in [0.1, 0.15) is 9.88 Å². The van der Waals surface area contributed by atoms with Gasteiger partial charge in [0, 0.05) is 24.7 Å². The van der Waals surface area contributed by atoms with Crippen LogP contribution in [0.1, 0.15) is 48.0 Å². The van der Waals surface area contributed by atoms with Crippen molar-refractivity contribution in [3.8, 4) is 10.6 Å². The Morgan fingerprint density at radius 2 is 2.19 bits per heavy atom. The first-order valence-corrected chi connectivity index (χ1v) is 10.5. The minimum absolute atomic E-state index is 0.0370. The summed E-state index contributed by atoms with van der Waals surface area (Å²) in [4.78, 5) is 20.3.